The van der Waals surface area contributed by atoms with Gasteiger partial charge in [0.05, 0.1) is 6.54 Å². The molecule has 0 unspecified atom stereocenters. The molecule has 2 rings (SSSR count). The van der Waals surface area contributed by atoms with Crippen molar-refractivity contribution >= 4 is 23.2 Å². The summed E-state index contributed by atoms with van der Waals surface area (Å²) in [5.74, 6) is 0.00105. The minimum atomic E-state index is -0.512. The number of hydrogen-bond donors (Lipinski definition) is 0. The third kappa shape index (κ3) is 6.20. The van der Waals surface area contributed by atoms with E-state index in [-0.39, 0.29) is 24.4 Å². The Balaban J connectivity index is 2.22. The fourth-order valence-corrected chi connectivity index (χ4v) is 3.67. The first-order valence-electron chi connectivity index (χ1n) is 9.87. The quantitative estimate of drug-likeness (QED) is 0.629. The minimum Gasteiger partial charge on any atom is -0.332 e. The number of benzene rings is 1. The molecule has 1 aromatic carbocycles. The molecule has 0 N–H and O–H groups in total. The van der Waals surface area contributed by atoms with Crippen molar-refractivity contribution < 1.29 is 9.59 Å². The molecule has 28 heavy (non-hydrogen) atoms. The van der Waals surface area contributed by atoms with Crippen LogP contribution in [0.1, 0.15) is 51.5 Å². The Morgan fingerprint density at radius 1 is 1.04 bits per heavy atom. The van der Waals surface area contributed by atoms with E-state index in [9.17, 15) is 9.59 Å². The largest absolute Gasteiger partial charge is 0.332 e. The lowest BCUT2D eigenvalue weighted by molar-refractivity contribution is -0.148. The van der Waals surface area contributed by atoms with Gasteiger partial charge in [-0.15, -0.1) is 11.3 Å². The van der Waals surface area contributed by atoms with Crippen LogP contribution in [-0.4, -0.2) is 34.2 Å². The number of nitrogens with zero attached hydrogens (tertiary/aromatic N) is 2. The molecular weight excluding hydrogens is 368 g/mol. The summed E-state index contributed by atoms with van der Waals surface area (Å²) >= 11 is 1.65. The van der Waals surface area contributed by atoms with Crippen LogP contribution in [0, 0.1) is 5.41 Å². The lowest BCUT2D eigenvalue weighted by Gasteiger charge is -2.35. The topological polar surface area (TPSA) is 40.6 Å². The zero-order valence-corrected chi connectivity index (χ0v) is 18.5. The van der Waals surface area contributed by atoms with Gasteiger partial charge in [0.25, 0.3) is 0 Å². The highest BCUT2D eigenvalue weighted by molar-refractivity contribution is 7.09. The van der Waals surface area contributed by atoms with Crippen molar-refractivity contribution in [3.05, 3.63) is 58.3 Å². The maximum absolute atomic E-state index is 13.3. The summed E-state index contributed by atoms with van der Waals surface area (Å²) in [5, 5.41) is 2.02. The summed E-state index contributed by atoms with van der Waals surface area (Å²) in [6, 6.07) is 14.1. The Morgan fingerprint density at radius 3 is 2.25 bits per heavy atom. The van der Waals surface area contributed by atoms with Gasteiger partial charge in [-0.3, -0.25) is 9.59 Å². The summed E-state index contributed by atoms with van der Waals surface area (Å²) in [6.07, 6.45) is 0.818. The fourth-order valence-electron chi connectivity index (χ4n) is 2.95. The van der Waals surface area contributed by atoms with Crippen LogP contribution in [0.25, 0.3) is 0 Å². The van der Waals surface area contributed by atoms with E-state index in [1.807, 2.05) is 87.4 Å². The van der Waals surface area contributed by atoms with Crippen LogP contribution in [0.4, 0.5) is 0 Å². The van der Waals surface area contributed by atoms with E-state index in [4.69, 9.17) is 0 Å². The van der Waals surface area contributed by atoms with E-state index in [0.717, 1.165) is 16.9 Å². The van der Waals surface area contributed by atoms with E-state index in [2.05, 4.69) is 0 Å². The third-order valence-electron chi connectivity index (χ3n) is 4.83. The smallest absolute Gasteiger partial charge is 0.242 e. The molecule has 0 aliphatic carbocycles. The van der Waals surface area contributed by atoms with E-state index in [1.165, 1.54) is 0 Å². The molecule has 0 aliphatic heterocycles. The number of rotatable bonds is 8. The average Bonchev–Trinajstić information content (AvgIpc) is 3.17. The van der Waals surface area contributed by atoms with Crippen molar-refractivity contribution in [2.45, 2.75) is 60.2 Å². The highest BCUT2D eigenvalue weighted by Gasteiger charge is 2.32. The van der Waals surface area contributed by atoms with Gasteiger partial charge in [0.1, 0.15) is 6.54 Å². The van der Waals surface area contributed by atoms with Gasteiger partial charge in [0.2, 0.25) is 11.8 Å². The standard InChI is InChI=1S/C23H32N2O2S/c1-6-18(2)25(22(27)23(3,4)5)17-21(26)24(16-20-13-10-14-28-20)15-19-11-8-7-9-12-19/h7-14,18H,6,15-17H2,1-5H3/t18-/m0/s1. The highest BCUT2D eigenvalue weighted by atomic mass is 32.1. The maximum atomic E-state index is 13.3. The molecule has 0 saturated heterocycles. The van der Waals surface area contributed by atoms with Crippen LogP contribution >= 0.6 is 11.3 Å². The second-order valence-electron chi connectivity index (χ2n) is 8.26. The first-order valence-corrected chi connectivity index (χ1v) is 10.8. The Labute approximate surface area is 173 Å². The van der Waals surface area contributed by atoms with Crippen molar-refractivity contribution in [1.82, 2.24) is 9.80 Å². The second-order valence-corrected chi connectivity index (χ2v) is 9.29. The highest BCUT2D eigenvalue weighted by Crippen LogP contribution is 2.21. The Bertz CT molecular complexity index is 751. The molecule has 4 nitrogen and oxygen atoms in total. The molecule has 1 atom stereocenters. The zero-order valence-electron chi connectivity index (χ0n) is 17.6. The lowest BCUT2D eigenvalue weighted by Crippen LogP contribution is -2.49. The average molecular weight is 401 g/mol. The summed E-state index contributed by atoms with van der Waals surface area (Å²) in [6.45, 7) is 11.0. The number of thiophene rings is 1. The van der Waals surface area contributed by atoms with Crippen LogP contribution in [-0.2, 0) is 22.7 Å². The zero-order chi connectivity index (χ0) is 20.7. The third-order valence-corrected chi connectivity index (χ3v) is 5.69. The minimum absolute atomic E-state index is 0.0184. The Morgan fingerprint density at radius 2 is 1.71 bits per heavy atom. The first kappa shape index (κ1) is 22.2. The van der Waals surface area contributed by atoms with Crippen LogP contribution in [0.5, 0.6) is 0 Å². The molecule has 0 radical (unpaired) electrons. The van der Waals surface area contributed by atoms with Crippen molar-refractivity contribution in [2.24, 2.45) is 5.41 Å². The molecule has 152 valence electrons. The maximum Gasteiger partial charge on any atom is 0.242 e. The molecule has 5 heteroatoms. The first-order chi connectivity index (χ1) is 13.2. The summed E-state index contributed by atoms with van der Waals surface area (Å²) in [5.41, 5.74) is 0.575. The van der Waals surface area contributed by atoms with Gasteiger partial charge in [-0.1, -0.05) is 64.1 Å². The van der Waals surface area contributed by atoms with Gasteiger partial charge >= 0.3 is 0 Å². The predicted octanol–water partition coefficient (Wildman–Crippen LogP) is 4.95. The van der Waals surface area contributed by atoms with Crippen LogP contribution < -0.4 is 0 Å². The number of carbonyl (C=O) groups is 2. The van der Waals surface area contributed by atoms with E-state index < -0.39 is 5.41 Å². The molecule has 0 fully saturated rings. The molecule has 2 aromatic rings. The number of hydrogen-bond acceptors (Lipinski definition) is 3. The van der Waals surface area contributed by atoms with Crippen molar-refractivity contribution in [3.63, 3.8) is 0 Å². The van der Waals surface area contributed by atoms with Crippen LogP contribution in [0.3, 0.4) is 0 Å². The summed E-state index contributed by atoms with van der Waals surface area (Å²) < 4.78 is 0. The molecule has 1 heterocycles. The van der Waals surface area contributed by atoms with Crippen molar-refractivity contribution in [2.75, 3.05) is 6.54 Å². The lowest BCUT2D eigenvalue weighted by atomic mass is 9.93. The normalized spacial score (nSPS) is 12.5. The second kappa shape index (κ2) is 9.87. The van der Waals surface area contributed by atoms with E-state index in [0.29, 0.717) is 13.1 Å². The molecule has 0 spiro atoms. The molecule has 0 saturated carbocycles. The van der Waals surface area contributed by atoms with Gasteiger partial charge in [-0.2, -0.15) is 0 Å². The van der Waals surface area contributed by atoms with Crippen molar-refractivity contribution in [1.29, 1.82) is 0 Å². The summed E-state index contributed by atoms with van der Waals surface area (Å²) in [7, 11) is 0. The van der Waals surface area contributed by atoms with Gasteiger partial charge in [0.15, 0.2) is 0 Å². The van der Waals surface area contributed by atoms with E-state index >= 15 is 0 Å². The molecule has 2 amide bonds. The van der Waals surface area contributed by atoms with E-state index in [1.54, 1.807) is 16.2 Å². The van der Waals surface area contributed by atoms with Gasteiger partial charge in [0, 0.05) is 22.9 Å². The molecular formula is C23H32N2O2S. The molecule has 0 bridgehead atoms. The summed E-state index contributed by atoms with van der Waals surface area (Å²) in [4.78, 5) is 31.0. The Hall–Kier alpha value is -2.14. The predicted molar refractivity (Wildman–Crippen MR) is 116 cm³/mol. The SMILES string of the molecule is CC[C@H](C)N(CC(=O)N(Cc1ccccc1)Cc1cccs1)C(=O)C(C)(C)C. The van der Waals surface area contributed by atoms with Crippen LogP contribution in [0.15, 0.2) is 47.8 Å². The van der Waals surface area contributed by atoms with Crippen LogP contribution in [0.2, 0.25) is 0 Å². The fraction of sp³-hybridized carbons (Fsp3) is 0.478. The van der Waals surface area contributed by atoms with Gasteiger partial charge in [-0.05, 0) is 30.4 Å². The van der Waals surface area contributed by atoms with Gasteiger partial charge in [-0.25, -0.2) is 0 Å². The Kier molecular flexibility index (Phi) is 7.81. The molecule has 1 aromatic heterocycles. The molecule has 0 aliphatic rings. The van der Waals surface area contributed by atoms with Crippen molar-refractivity contribution in [3.8, 4) is 0 Å². The monoisotopic (exact) mass is 400 g/mol. The number of carbonyl (C=O) groups excluding carboxylic acids is 2. The van der Waals surface area contributed by atoms with Gasteiger partial charge < -0.3 is 9.80 Å². The number of amides is 2.